The smallest absolute Gasteiger partial charge is 0.161 e. The number of nitrogen functional groups attached to an aromatic ring is 1. The van der Waals surface area contributed by atoms with E-state index >= 15 is 0 Å². The van der Waals surface area contributed by atoms with Crippen LogP contribution in [0, 0.1) is 0 Å². The van der Waals surface area contributed by atoms with Crippen LogP contribution in [-0.4, -0.2) is 40.1 Å². The van der Waals surface area contributed by atoms with Crippen LogP contribution in [0.15, 0.2) is 20.9 Å². The molecule has 7 nitrogen and oxygen atoms in total. The van der Waals surface area contributed by atoms with E-state index in [1.807, 2.05) is 0 Å². The van der Waals surface area contributed by atoms with Crippen molar-refractivity contribution in [1.29, 1.82) is 0 Å². The first-order valence-electron chi connectivity index (χ1n) is 7.35. The third-order valence-electron chi connectivity index (χ3n) is 4.24. The lowest BCUT2D eigenvalue weighted by Gasteiger charge is -2.24. The number of hydrogen-bond acceptors (Lipinski definition) is 6. The number of halogens is 1. The number of fused-ring (bicyclic) bond motifs is 1. The number of piperidine rings is 1. The molecule has 0 saturated carbocycles. The van der Waals surface area contributed by atoms with Crippen LogP contribution in [0.25, 0.3) is 5.65 Å². The Hall–Kier alpha value is -1.80. The molecule has 1 fully saturated rings. The Morgan fingerprint density at radius 2 is 2.14 bits per heavy atom. The van der Waals surface area contributed by atoms with Gasteiger partial charge in [0, 0.05) is 30.5 Å². The average Bonchev–Trinajstić information content (AvgIpc) is 3.20. The zero-order chi connectivity index (χ0) is 15.1. The Bertz CT molecular complexity index is 761. The van der Waals surface area contributed by atoms with E-state index in [0.29, 0.717) is 11.7 Å². The van der Waals surface area contributed by atoms with Crippen LogP contribution >= 0.6 is 15.9 Å². The molecule has 0 aliphatic carbocycles. The molecule has 3 N–H and O–H groups in total. The maximum Gasteiger partial charge on any atom is 0.161 e. The van der Waals surface area contributed by atoms with E-state index in [0.717, 1.165) is 47.3 Å². The molecule has 22 heavy (non-hydrogen) atoms. The second-order valence-electron chi connectivity index (χ2n) is 5.63. The fourth-order valence-corrected chi connectivity index (χ4v) is 3.62. The SMILES string of the molecule is Nc1c(Br)c([C@@H]2CCCNC2)nc2c(C3C=NN=C3)cnn12. The first-order valence-corrected chi connectivity index (χ1v) is 8.15. The molecule has 0 amide bonds. The minimum absolute atomic E-state index is 0.0166. The molecule has 4 rings (SSSR count). The average molecular weight is 362 g/mol. The predicted octanol–water partition coefficient (Wildman–Crippen LogP) is 1.69. The summed E-state index contributed by atoms with van der Waals surface area (Å²) < 4.78 is 2.52. The van der Waals surface area contributed by atoms with Gasteiger partial charge in [-0.1, -0.05) is 0 Å². The van der Waals surface area contributed by atoms with Gasteiger partial charge in [-0.3, -0.25) is 0 Å². The lowest BCUT2D eigenvalue weighted by Crippen LogP contribution is -2.29. The van der Waals surface area contributed by atoms with Gasteiger partial charge in [-0.25, -0.2) is 4.98 Å². The van der Waals surface area contributed by atoms with Crippen molar-refractivity contribution in [1.82, 2.24) is 19.9 Å². The second-order valence-corrected chi connectivity index (χ2v) is 6.42. The van der Waals surface area contributed by atoms with Crippen molar-refractivity contribution >= 4 is 39.8 Å². The zero-order valence-electron chi connectivity index (χ0n) is 11.9. The lowest BCUT2D eigenvalue weighted by atomic mass is 9.95. The van der Waals surface area contributed by atoms with Crippen LogP contribution in [-0.2, 0) is 0 Å². The number of hydrogen-bond donors (Lipinski definition) is 2. The van der Waals surface area contributed by atoms with Gasteiger partial charge in [-0.05, 0) is 35.3 Å². The molecule has 0 bridgehead atoms. The molecule has 2 aromatic heterocycles. The van der Waals surface area contributed by atoms with Crippen LogP contribution in [0.4, 0.5) is 5.82 Å². The van der Waals surface area contributed by atoms with Crippen LogP contribution in [0.5, 0.6) is 0 Å². The first-order chi connectivity index (χ1) is 10.8. The summed E-state index contributed by atoms with van der Waals surface area (Å²) in [6.45, 7) is 2.00. The molecule has 0 unspecified atom stereocenters. The molecule has 2 aliphatic rings. The summed E-state index contributed by atoms with van der Waals surface area (Å²) >= 11 is 3.60. The Labute approximate surface area is 135 Å². The van der Waals surface area contributed by atoms with Gasteiger partial charge in [0.1, 0.15) is 5.82 Å². The topological polar surface area (TPSA) is 93.0 Å². The van der Waals surface area contributed by atoms with Crippen LogP contribution in [0.3, 0.4) is 0 Å². The highest BCUT2D eigenvalue weighted by Gasteiger charge is 2.25. The summed E-state index contributed by atoms with van der Waals surface area (Å²) in [4.78, 5) is 4.87. The highest BCUT2D eigenvalue weighted by molar-refractivity contribution is 9.10. The molecule has 0 radical (unpaired) electrons. The number of nitrogens with two attached hydrogens (primary N) is 1. The monoisotopic (exact) mass is 361 g/mol. The Morgan fingerprint density at radius 1 is 1.32 bits per heavy atom. The lowest BCUT2D eigenvalue weighted by molar-refractivity contribution is 0.453. The van der Waals surface area contributed by atoms with Crippen molar-refractivity contribution in [2.24, 2.45) is 10.2 Å². The quantitative estimate of drug-likeness (QED) is 0.850. The van der Waals surface area contributed by atoms with Crippen molar-refractivity contribution in [2.75, 3.05) is 18.8 Å². The van der Waals surface area contributed by atoms with Crippen LogP contribution < -0.4 is 11.1 Å². The zero-order valence-corrected chi connectivity index (χ0v) is 13.5. The van der Waals surface area contributed by atoms with E-state index in [2.05, 4.69) is 36.5 Å². The Morgan fingerprint density at radius 3 is 2.86 bits per heavy atom. The molecular weight excluding hydrogens is 346 g/mol. The minimum atomic E-state index is 0.0166. The van der Waals surface area contributed by atoms with Gasteiger partial charge >= 0.3 is 0 Å². The van der Waals surface area contributed by atoms with Gasteiger partial charge in [0.05, 0.1) is 22.3 Å². The summed E-state index contributed by atoms with van der Waals surface area (Å²) in [5.41, 5.74) is 9.03. The molecule has 8 heteroatoms. The number of aromatic nitrogens is 3. The molecule has 0 spiro atoms. The summed E-state index contributed by atoms with van der Waals surface area (Å²) in [5, 5.41) is 15.6. The summed E-state index contributed by atoms with van der Waals surface area (Å²) in [7, 11) is 0. The maximum atomic E-state index is 6.26. The van der Waals surface area contributed by atoms with E-state index in [-0.39, 0.29) is 5.92 Å². The van der Waals surface area contributed by atoms with Gasteiger partial charge < -0.3 is 11.1 Å². The molecule has 1 saturated heterocycles. The molecule has 1 atom stereocenters. The van der Waals surface area contributed by atoms with Gasteiger partial charge in [0.15, 0.2) is 5.65 Å². The normalized spacial score (nSPS) is 22.0. The van der Waals surface area contributed by atoms with Crippen molar-refractivity contribution in [2.45, 2.75) is 24.7 Å². The molecule has 2 aliphatic heterocycles. The highest BCUT2D eigenvalue weighted by Crippen LogP contribution is 2.34. The maximum absolute atomic E-state index is 6.26. The summed E-state index contributed by atoms with van der Waals surface area (Å²) in [5.74, 6) is 0.968. The second kappa shape index (κ2) is 5.44. The summed E-state index contributed by atoms with van der Waals surface area (Å²) in [6.07, 6.45) is 7.64. The number of rotatable bonds is 2. The third-order valence-corrected chi connectivity index (χ3v) is 5.05. The van der Waals surface area contributed by atoms with Gasteiger partial charge in [0.2, 0.25) is 0 Å². The van der Waals surface area contributed by atoms with Crippen molar-refractivity contribution < 1.29 is 0 Å². The van der Waals surface area contributed by atoms with Crippen molar-refractivity contribution in [3.05, 3.63) is 21.9 Å². The van der Waals surface area contributed by atoms with Gasteiger partial charge in [-0.15, -0.1) is 0 Å². The number of nitrogens with zero attached hydrogens (tertiary/aromatic N) is 5. The Kier molecular flexibility index (Phi) is 3.42. The van der Waals surface area contributed by atoms with Gasteiger partial charge in [0.25, 0.3) is 0 Å². The minimum Gasteiger partial charge on any atom is -0.383 e. The first kappa shape index (κ1) is 13.8. The molecule has 114 valence electrons. The molecular formula is C14H16BrN7. The standard InChI is InChI=1S/C14H16BrN7/c15-11-12(8-2-1-3-17-4-8)21-14-10(9-5-18-19-6-9)7-20-22(14)13(11)16/h5-9,17H,1-4,16H2/t8-/m1/s1. The molecule has 4 heterocycles. The fourth-order valence-electron chi connectivity index (χ4n) is 3.04. The van der Waals surface area contributed by atoms with E-state index in [1.165, 1.54) is 0 Å². The van der Waals surface area contributed by atoms with Crippen LogP contribution in [0.1, 0.15) is 35.9 Å². The predicted molar refractivity (Wildman–Crippen MR) is 89.7 cm³/mol. The van der Waals surface area contributed by atoms with E-state index in [4.69, 9.17) is 10.7 Å². The van der Waals surface area contributed by atoms with Crippen molar-refractivity contribution in [3.63, 3.8) is 0 Å². The van der Waals surface area contributed by atoms with E-state index in [9.17, 15) is 0 Å². The number of anilines is 1. The molecule has 0 aromatic carbocycles. The highest BCUT2D eigenvalue weighted by atomic mass is 79.9. The third kappa shape index (κ3) is 2.14. The largest absolute Gasteiger partial charge is 0.383 e. The fraction of sp³-hybridized carbons (Fsp3) is 0.429. The van der Waals surface area contributed by atoms with Gasteiger partial charge in [-0.2, -0.15) is 19.8 Å². The van der Waals surface area contributed by atoms with E-state index < -0.39 is 0 Å². The van der Waals surface area contributed by atoms with Crippen molar-refractivity contribution in [3.8, 4) is 0 Å². The number of nitrogens with one attached hydrogen (secondary N) is 1. The van der Waals surface area contributed by atoms with E-state index in [1.54, 1.807) is 23.1 Å². The summed E-state index contributed by atoms with van der Waals surface area (Å²) in [6, 6.07) is 0. The van der Waals surface area contributed by atoms with Crippen LogP contribution in [0.2, 0.25) is 0 Å². The molecule has 2 aromatic rings. The Balaban J connectivity index is 1.86.